The normalized spacial score (nSPS) is 14.3. The summed E-state index contributed by atoms with van der Waals surface area (Å²) in [5.74, 6) is 6.68. The minimum absolute atomic E-state index is 0.00571. The molecule has 0 fully saturated rings. The largest absolute Gasteiger partial charge is 0.507 e. The van der Waals surface area contributed by atoms with Crippen LogP contribution in [0.1, 0.15) is 117 Å². The van der Waals surface area contributed by atoms with Crippen molar-refractivity contribution in [3.63, 3.8) is 0 Å². The number of aromatic hydroxyl groups is 1. The maximum atomic E-state index is 11.0. The summed E-state index contributed by atoms with van der Waals surface area (Å²) in [5.41, 5.74) is 2.07. The molecule has 1 aromatic carbocycles. The van der Waals surface area contributed by atoms with Crippen molar-refractivity contribution in [1.82, 2.24) is 0 Å². The van der Waals surface area contributed by atoms with Crippen LogP contribution in [0.4, 0.5) is 0 Å². The zero-order chi connectivity index (χ0) is 31.3. The zero-order valence-electron chi connectivity index (χ0n) is 27.4. The Morgan fingerprint density at radius 3 is 2.39 bits per heavy atom. The summed E-state index contributed by atoms with van der Waals surface area (Å²) in [7, 11) is -1.81. The predicted molar refractivity (Wildman–Crippen MR) is 175 cm³/mol. The Morgan fingerprint density at radius 1 is 1.10 bits per heavy atom. The monoisotopic (exact) mass is 586 g/mol. The molecule has 2 unspecified atom stereocenters. The lowest BCUT2D eigenvalue weighted by Gasteiger charge is -2.35. The minimum atomic E-state index is -1.81. The number of aliphatic hydroxyl groups excluding tert-OH is 2. The molecule has 0 spiro atoms. The Bertz CT molecular complexity index is 1040. The van der Waals surface area contributed by atoms with Crippen molar-refractivity contribution in [1.29, 1.82) is 0 Å². The lowest BCUT2D eigenvalue weighted by Crippen LogP contribution is -2.40. The molecule has 1 rings (SSSR count). The van der Waals surface area contributed by atoms with Crippen molar-refractivity contribution in [2.75, 3.05) is 13.2 Å². The van der Waals surface area contributed by atoms with Crippen LogP contribution in [0, 0.1) is 11.8 Å². The van der Waals surface area contributed by atoms with Crippen LogP contribution >= 0.6 is 0 Å². The van der Waals surface area contributed by atoms with Crippen LogP contribution in [-0.4, -0.2) is 43.0 Å². The highest BCUT2D eigenvalue weighted by Crippen LogP contribution is 2.42. The topological polar surface area (TPSA) is 79.2 Å². The Morgan fingerprint density at radius 2 is 1.78 bits per heavy atom. The Labute approximate surface area is 252 Å². The number of aliphatic hydroxyl groups is 2. The Balaban J connectivity index is 2.85. The van der Waals surface area contributed by atoms with E-state index in [1.54, 1.807) is 12.1 Å². The van der Waals surface area contributed by atoms with Crippen LogP contribution in [-0.2, 0) is 9.84 Å². The fraction of sp³-hybridized carbons (Fsp3) is 0.657. The number of benzene rings is 1. The molecule has 1 aromatic rings. The lowest BCUT2D eigenvalue weighted by atomic mass is 9.79. The van der Waals surface area contributed by atoms with Gasteiger partial charge in [0.2, 0.25) is 0 Å². The van der Waals surface area contributed by atoms with Gasteiger partial charge in [0.05, 0.1) is 24.4 Å². The van der Waals surface area contributed by atoms with Gasteiger partial charge in [0.15, 0.2) is 8.32 Å². The number of rotatable bonds is 17. The van der Waals surface area contributed by atoms with E-state index in [0.717, 1.165) is 24.0 Å². The first-order valence-electron chi connectivity index (χ1n) is 15.3. The van der Waals surface area contributed by atoms with Crippen molar-refractivity contribution in [3.8, 4) is 23.3 Å². The molecule has 232 valence electrons. The van der Waals surface area contributed by atoms with Crippen LogP contribution in [0.25, 0.3) is 0 Å². The van der Waals surface area contributed by atoms with Crippen molar-refractivity contribution in [2.24, 2.45) is 0 Å². The predicted octanol–water partition coefficient (Wildman–Crippen LogP) is 8.74. The van der Waals surface area contributed by atoms with Gasteiger partial charge in [-0.3, -0.25) is 0 Å². The number of phenols is 1. The quantitative estimate of drug-likeness (QED) is 0.0736. The second kappa shape index (κ2) is 17.2. The van der Waals surface area contributed by atoms with E-state index < -0.39 is 20.5 Å². The number of allylic oxidation sites excluding steroid dienone is 2. The zero-order valence-corrected chi connectivity index (χ0v) is 28.4. The first-order chi connectivity index (χ1) is 19.1. The molecule has 0 heterocycles. The van der Waals surface area contributed by atoms with E-state index in [9.17, 15) is 15.3 Å². The number of ether oxygens (including phenoxy) is 1. The van der Waals surface area contributed by atoms with Crippen molar-refractivity contribution < 1.29 is 24.5 Å². The maximum Gasteiger partial charge on any atom is 0.193 e. The molecular weight excluding hydrogens is 528 g/mol. The summed E-state index contributed by atoms with van der Waals surface area (Å²) in [6, 6.07) is 3.67. The molecule has 0 radical (unpaired) electrons. The van der Waals surface area contributed by atoms with Gasteiger partial charge in [0.1, 0.15) is 18.1 Å². The Hall–Kier alpha value is -2.04. The molecule has 5 nitrogen and oxygen atoms in total. The van der Waals surface area contributed by atoms with E-state index >= 15 is 0 Å². The molecule has 0 saturated carbocycles. The van der Waals surface area contributed by atoms with Crippen molar-refractivity contribution >= 4 is 8.32 Å². The summed E-state index contributed by atoms with van der Waals surface area (Å²) >= 11 is 0. The van der Waals surface area contributed by atoms with Crippen LogP contribution in [0.3, 0.4) is 0 Å². The van der Waals surface area contributed by atoms with E-state index in [1.807, 2.05) is 19.1 Å². The van der Waals surface area contributed by atoms with Gasteiger partial charge in [-0.2, -0.15) is 0 Å². The van der Waals surface area contributed by atoms with Crippen molar-refractivity contribution in [3.05, 3.63) is 47.6 Å². The molecule has 2 atom stereocenters. The molecule has 6 heteroatoms. The number of hydrogen-bond acceptors (Lipinski definition) is 5. The van der Waals surface area contributed by atoms with Gasteiger partial charge in [0, 0.05) is 6.42 Å². The summed E-state index contributed by atoms with van der Waals surface area (Å²) in [5, 5.41) is 32.9. The summed E-state index contributed by atoms with van der Waals surface area (Å²) in [4.78, 5) is 0. The standard InChI is InChI=1S/C35H58O5Si/c1-11-13-14-15-21-35(7,8)28-24-30(37)33(32(25-28)39-22-12-2)31(38)26-29(36)20-16-18-27(3)19-17-23-40-41(9,10)34(4,5)6/h12,18,24-25,29,31,36-38H,2,11,13-16,20-23,26H2,1,3-10H3/b27-18+. The summed E-state index contributed by atoms with van der Waals surface area (Å²) < 4.78 is 12.0. The fourth-order valence-electron chi connectivity index (χ4n) is 4.39. The Kier molecular flexibility index (Phi) is 15.5. The molecule has 0 aromatic heterocycles. The molecule has 0 aliphatic rings. The first kappa shape index (κ1) is 37.0. The van der Waals surface area contributed by atoms with Gasteiger partial charge in [-0.05, 0) is 73.0 Å². The average molecular weight is 587 g/mol. The molecule has 0 amide bonds. The molecule has 0 aliphatic carbocycles. The third kappa shape index (κ3) is 12.8. The molecule has 0 bridgehead atoms. The number of unbranched alkanes of at least 4 members (excludes halogenated alkanes) is 3. The third-order valence-corrected chi connectivity index (χ3v) is 12.8. The van der Waals surface area contributed by atoms with E-state index in [1.165, 1.54) is 19.3 Å². The fourth-order valence-corrected chi connectivity index (χ4v) is 5.25. The highest BCUT2D eigenvalue weighted by molar-refractivity contribution is 6.74. The molecule has 41 heavy (non-hydrogen) atoms. The SMILES string of the molecule is C=CCOc1cc(C(C)(C)CCCCCC)cc(O)c1C(O)CC(O)CC/C=C(\C)C#CCO[Si](C)(C)C(C)(C)C. The van der Waals surface area contributed by atoms with E-state index in [0.29, 0.717) is 30.8 Å². The molecular formula is C35H58O5Si. The molecule has 3 N–H and O–H groups in total. The summed E-state index contributed by atoms with van der Waals surface area (Å²) in [6.45, 7) is 24.0. The second-order valence-electron chi connectivity index (χ2n) is 13.4. The van der Waals surface area contributed by atoms with E-state index in [4.69, 9.17) is 9.16 Å². The number of hydrogen-bond donors (Lipinski definition) is 3. The van der Waals surface area contributed by atoms with E-state index in [-0.39, 0.29) is 29.2 Å². The summed E-state index contributed by atoms with van der Waals surface area (Å²) in [6.07, 6.45) is 8.74. The van der Waals surface area contributed by atoms with Crippen molar-refractivity contribution in [2.45, 2.75) is 136 Å². The van der Waals surface area contributed by atoms with Gasteiger partial charge in [-0.1, -0.05) is 97.8 Å². The second-order valence-corrected chi connectivity index (χ2v) is 18.2. The van der Waals surface area contributed by atoms with Crippen LogP contribution < -0.4 is 4.74 Å². The first-order valence-corrected chi connectivity index (χ1v) is 18.2. The lowest BCUT2D eigenvalue weighted by molar-refractivity contribution is 0.0731. The van der Waals surface area contributed by atoms with E-state index in [2.05, 4.69) is 73.1 Å². The van der Waals surface area contributed by atoms with Gasteiger partial charge in [-0.15, -0.1) is 0 Å². The smallest absolute Gasteiger partial charge is 0.193 e. The van der Waals surface area contributed by atoms with Gasteiger partial charge in [0.25, 0.3) is 0 Å². The number of phenolic OH excluding ortho intramolecular Hbond substituents is 1. The van der Waals surface area contributed by atoms with Crippen LogP contribution in [0.5, 0.6) is 11.5 Å². The highest BCUT2D eigenvalue weighted by atomic mass is 28.4. The average Bonchev–Trinajstić information content (AvgIpc) is 2.86. The van der Waals surface area contributed by atoms with Crippen LogP contribution in [0.2, 0.25) is 18.1 Å². The van der Waals surface area contributed by atoms with Gasteiger partial charge in [-0.25, -0.2) is 0 Å². The maximum absolute atomic E-state index is 11.0. The third-order valence-electron chi connectivity index (χ3n) is 8.29. The molecule has 0 aliphatic heterocycles. The minimum Gasteiger partial charge on any atom is -0.507 e. The van der Waals surface area contributed by atoms with Gasteiger partial charge < -0.3 is 24.5 Å². The highest BCUT2D eigenvalue weighted by Gasteiger charge is 2.36. The van der Waals surface area contributed by atoms with Gasteiger partial charge >= 0.3 is 0 Å². The van der Waals surface area contributed by atoms with Crippen LogP contribution in [0.15, 0.2) is 36.4 Å². The molecule has 0 saturated heterocycles.